The van der Waals surface area contributed by atoms with E-state index in [4.69, 9.17) is 10.5 Å². The highest BCUT2D eigenvalue weighted by Gasteiger charge is 2.32. The van der Waals surface area contributed by atoms with Crippen molar-refractivity contribution in [2.45, 2.75) is 6.18 Å². The van der Waals surface area contributed by atoms with E-state index in [1.54, 1.807) is 0 Å². The van der Waals surface area contributed by atoms with Gasteiger partial charge in [-0.2, -0.15) is 13.2 Å². The second-order valence-electron chi connectivity index (χ2n) is 4.25. The first-order valence-corrected chi connectivity index (χ1v) is 5.73. The van der Waals surface area contributed by atoms with E-state index in [1.807, 2.05) is 0 Å². The van der Waals surface area contributed by atoms with Crippen molar-refractivity contribution in [1.29, 1.82) is 0 Å². The molecule has 4 nitrogen and oxygen atoms in total. The van der Waals surface area contributed by atoms with Gasteiger partial charge < -0.3 is 15.4 Å². The van der Waals surface area contributed by atoms with Crippen molar-refractivity contribution in [3.63, 3.8) is 0 Å². The fourth-order valence-corrected chi connectivity index (χ4v) is 1.89. The van der Waals surface area contributed by atoms with Crippen LogP contribution in [0.15, 0.2) is 18.2 Å². The first kappa shape index (κ1) is 13.7. The summed E-state index contributed by atoms with van der Waals surface area (Å²) in [6, 6.07) is 2.90. The maximum absolute atomic E-state index is 12.7. The van der Waals surface area contributed by atoms with Gasteiger partial charge in [0.05, 0.1) is 18.8 Å². The molecule has 1 aromatic carbocycles. The molecule has 1 aliphatic rings. The molecule has 0 unspecified atom stereocenters. The number of amides is 1. The summed E-state index contributed by atoms with van der Waals surface area (Å²) in [5, 5.41) is 0. The summed E-state index contributed by atoms with van der Waals surface area (Å²) in [6.45, 7) is 1.52. The Hall–Kier alpha value is -1.76. The minimum atomic E-state index is -4.52. The van der Waals surface area contributed by atoms with Gasteiger partial charge in [-0.25, -0.2) is 0 Å². The maximum atomic E-state index is 12.7. The van der Waals surface area contributed by atoms with E-state index in [2.05, 4.69) is 0 Å². The Bertz CT molecular complexity index is 482. The van der Waals surface area contributed by atoms with Gasteiger partial charge in [0.25, 0.3) is 5.91 Å². The highest BCUT2D eigenvalue weighted by Crippen LogP contribution is 2.31. The molecular weight excluding hydrogens is 261 g/mol. The van der Waals surface area contributed by atoms with E-state index < -0.39 is 17.6 Å². The highest BCUT2D eigenvalue weighted by atomic mass is 19.4. The van der Waals surface area contributed by atoms with Crippen molar-refractivity contribution in [2.24, 2.45) is 0 Å². The van der Waals surface area contributed by atoms with Crippen LogP contribution < -0.4 is 5.73 Å². The Kier molecular flexibility index (Phi) is 3.66. The number of benzene rings is 1. The number of rotatable bonds is 1. The number of hydrogen-bond acceptors (Lipinski definition) is 3. The molecule has 0 spiro atoms. The molecule has 2 rings (SSSR count). The molecular formula is C12H13F3N2O2. The van der Waals surface area contributed by atoms with E-state index in [-0.39, 0.29) is 11.3 Å². The van der Waals surface area contributed by atoms with Crippen molar-refractivity contribution < 1.29 is 22.7 Å². The van der Waals surface area contributed by atoms with E-state index >= 15 is 0 Å². The number of halogens is 3. The summed E-state index contributed by atoms with van der Waals surface area (Å²) in [7, 11) is 0. The summed E-state index contributed by atoms with van der Waals surface area (Å²) in [6.07, 6.45) is -4.52. The summed E-state index contributed by atoms with van der Waals surface area (Å²) < 4.78 is 43.0. The lowest BCUT2D eigenvalue weighted by atomic mass is 10.1. The molecule has 0 aliphatic carbocycles. The topological polar surface area (TPSA) is 55.6 Å². The monoisotopic (exact) mass is 274 g/mol. The van der Waals surface area contributed by atoms with Gasteiger partial charge in [0, 0.05) is 24.3 Å². The van der Waals surface area contributed by atoms with Crippen LogP contribution >= 0.6 is 0 Å². The van der Waals surface area contributed by atoms with Gasteiger partial charge in [0.1, 0.15) is 0 Å². The van der Waals surface area contributed by atoms with Crippen molar-refractivity contribution >= 4 is 11.6 Å². The molecule has 0 saturated carbocycles. The molecule has 19 heavy (non-hydrogen) atoms. The van der Waals surface area contributed by atoms with Crippen LogP contribution in [-0.4, -0.2) is 37.1 Å². The van der Waals surface area contributed by atoms with Crippen LogP contribution in [0.5, 0.6) is 0 Å². The molecule has 0 aromatic heterocycles. The Morgan fingerprint density at radius 2 is 1.84 bits per heavy atom. The minimum absolute atomic E-state index is 0.0470. The normalized spacial score (nSPS) is 16.5. The molecule has 1 aliphatic heterocycles. The predicted octanol–water partition coefficient (Wildman–Crippen LogP) is 1.76. The SMILES string of the molecule is Nc1cc(C(=O)N2CCOCC2)cc(C(F)(F)F)c1. The average Bonchev–Trinajstić information content (AvgIpc) is 2.37. The number of nitrogens with two attached hydrogens (primary N) is 1. The number of ether oxygens (including phenoxy) is 1. The fourth-order valence-electron chi connectivity index (χ4n) is 1.89. The Morgan fingerprint density at radius 3 is 2.42 bits per heavy atom. The Morgan fingerprint density at radius 1 is 1.21 bits per heavy atom. The highest BCUT2D eigenvalue weighted by molar-refractivity contribution is 5.95. The van der Waals surface area contributed by atoms with Crippen molar-refractivity contribution in [3.8, 4) is 0 Å². The minimum Gasteiger partial charge on any atom is -0.399 e. The van der Waals surface area contributed by atoms with E-state index in [1.165, 1.54) is 11.0 Å². The zero-order valence-electron chi connectivity index (χ0n) is 10.0. The number of carbonyl (C=O) groups excluding carboxylic acids is 1. The van der Waals surface area contributed by atoms with Gasteiger partial charge in [-0.15, -0.1) is 0 Å². The number of anilines is 1. The molecule has 2 N–H and O–H groups in total. The lowest BCUT2D eigenvalue weighted by Gasteiger charge is -2.27. The summed E-state index contributed by atoms with van der Waals surface area (Å²) >= 11 is 0. The molecule has 1 heterocycles. The smallest absolute Gasteiger partial charge is 0.399 e. The number of carbonyl (C=O) groups is 1. The van der Waals surface area contributed by atoms with Crippen LogP contribution in [0, 0.1) is 0 Å². The second kappa shape index (κ2) is 5.08. The second-order valence-corrected chi connectivity index (χ2v) is 4.25. The van der Waals surface area contributed by atoms with Crippen LogP contribution in [0.1, 0.15) is 15.9 Å². The van der Waals surface area contributed by atoms with Crippen LogP contribution in [-0.2, 0) is 10.9 Å². The third-order valence-electron chi connectivity index (χ3n) is 2.83. The first-order valence-electron chi connectivity index (χ1n) is 5.73. The molecule has 104 valence electrons. The van der Waals surface area contributed by atoms with E-state index in [0.29, 0.717) is 26.3 Å². The van der Waals surface area contributed by atoms with Crippen molar-refractivity contribution in [1.82, 2.24) is 4.90 Å². The Balaban J connectivity index is 2.28. The predicted molar refractivity (Wildman–Crippen MR) is 62.6 cm³/mol. The molecule has 1 saturated heterocycles. The largest absolute Gasteiger partial charge is 0.416 e. The van der Waals surface area contributed by atoms with Crippen LogP contribution in [0.25, 0.3) is 0 Å². The van der Waals surface area contributed by atoms with Gasteiger partial charge in [-0.05, 0) is 18.2 Å². The van der Waals surface area contributed by atoms with Crippen LogP contribution in [0.2, 0.25) is 0 Å². The van der Waals surface area contributed by atoms with E-state index in [9.17, 15) is 18.0 Å². The first-order chi connectivity index (χ1) is 8.88. The van der Waals surface area contributed by atoms with Gasteiger partial charge >= 0.3 is 6.18 Å². The lowest BCUT2D eigenvalue weighted by Crippen LogP contribution is -2.40. The quantitative estimate of drug-likeness (QED) is 0.794. The van der Waals surface area contributed by atoms with Gasteiger partial charge in [0.15, 0.2) is 0 Å². The number of morpholine rings is 1. The lowest BCUT2D eigenvalue weighted by molar-refractivity contribution is -0.137. The third kappa shape index (κ3) is 3.17. The van der Waals surface area contributed by atoms with Crippen LogP contribution in [0.3, 0.4) is 0 Å². The Labute approximate surface area is 107 Å². The molecule has 1 aromatic rings. The molecule has 0 radical (unpaired) electrons. The molecule has 1 fully saturated rings. The zero-order chi connectivity index (χ0) is 14.0. The summed E-state index contributed by atoms with van der Waals surface area (Å²) in [4.78, 5) is 13.5. The summed E-state index contributed by atoms with van der Waals surface area (Å²) in [5.74, 6) is -0.457. The molecule has 1 amide bonds. The maximum Gasteiger partial charge on any atom is 0.416 e. The number of nitrogens with zero attached hydrogens (tertiary/aromatic N) is 1. The zero-order valence-corrected chi connectivity index (χ0v) is 10.0. The van der Waals surface area contributed by atoms with Crippen LogP contribution in [0.4, 0.5) is 18.9 Å². The third-order valence-corrected chi connectivity index (χ3v) is 2.83. The standard InChI is InChI=1S/C12H13F3N2O2/c13-12(14,15)9-5-8(6-10(16)7-9)11(18)17-1-3-19-4-2-17/h5-7H,1-4,16H2. The number of alkyl halides is 3. The van der Waals surface area contributed by atoms with Gasteiger partial charge in [-0.3, -0.25) is 4.79 Å². The van der Waals surface area contributed by atoms with Crippen molar-refractivity contribution in [2.75, 3.05) is 32.0 Å². The van der Waals surface area contributed by atoms with Gasteiger partial charge in [0.2, 0.25) is 0 Å². The molecule has 0 atom stereocenters. The number of hydrogen-bond donors (Lipinski definition) is 1. The average molecular weight is 274 g/mol. The number of nitrogen functional groups attached to an aromatic ring is 1. The molecule has 7 heteroatoms. The van der Waals surface area contributed by atoms with Gasteiger partial charge in [-0.1, -0.05) is 0 Å². The van der Waals surface area contributed by atoms with Crippen molar-refractivity contribution in [3.05, 3.63) is 29.3 Å². The van der Waals surface area contributed by atoms with E-state index in [0.717, 1.165) is 12.1 Å². The summed E-state index contributed by atoms with van der Waals surface area (Å²) in [5.41, 5.74) is 4.39. The fraction of sp³-hybridized carbons (Fsp3) is 0.417. The molecule has 0 bridgehead atoms.